The highest BCUT2D eigenvalue weighted by atomic mass is 16.5. The summed E-state index contributed by atoms with van der Waals surface area (Å²) in [5.41, 5.74) is 2.47. The number of nitrogens with one attached hydrogen (secondary N) is 1. The number of phenolic OH excluding ortho intramolecular Hbond substituents is 1. The Morgan fingerprint density at radius 1 is 1.39 bits per heavy atom. The Hall–Kier alpha value is -1.30. The summed E-state index contributed by atoms with van der Waals surface area (Å²) in [6.07, 6.45) is 0.626. The van der Waals surface area contributed by atoms with Gasteiger partial charge in [0, 0.05) is 11.6 Å². The average Bonchev–Trinajstić information content (AvgIpc) is 2.37. The molecule has 5 heteroatoms. The number of aryl methyl sites for hydroxylation is 1. The highest BCUT2D eigenvalue weighted by Crippen LogP contribution is 2.41. The molecule has 5 nitrogen and oxygen atoms in total. The van der Waals surface area contributed by atoms with Gasteiger partial charge in [0.15, 0.2) is 11.5 Å². The SMILES string of the molecule is COc1c(C)cc2c(c1O)C(CO)NC(CO)C2. The molecular formula is C13H19NO4. The van der Waals surface area contributed by atoms with E-state index in [0.29, 0.717) is 17.7 Å². The summed E-state index contributed by atoms with van der Waals surface area (Å²) >= 11 is 0. The molecule has 0 saturated carbocycles. The highest BCUT2D eigenvalue weighted by Gasteiger charge is 2.30. The molecule has 0 aromatic heterocycles. The molecule has 1 aliphatic heterocycles. The van der Waals surface area contributed by atoms with Crippen LogP contribution in [-0.4, -0.2) is 41.7 Å². The molecule has 4 N–H and O–H groups in total. The second kappa shape index (κ2) is 5.14. The van der Waals surface area contributed by atoms with Gasteiger partial charge in [0.1, 0.15) is 0 Å². The van der Waals surface area contributed by atoms with Crippen molar-refractivity contribution in [1.29, 1.82) is 0 Å². The van der Waals surface area contributed by atoms with Crippen LogP contribution in [0.4, 0.5) is 0 Å². The summed E-state index contributed by atoms with van der Waals surface area (Å²) in [7, 11) is 1.51. The summed E-state index contributed by atoms with van der Waals surface area (Å²) < 4.78 is 5.18. The van der Waals surface area contributed by atoms with Crippen LogP contribution >= 0.6 is 0 Å². The second-order valence-electron chi connectivity index (χ2n) is 4.63. The van der Waals surface area contributed by atoms with Crippen molar-refractivity contribution < 1.29 is 20.1 Å². The molecule has 0 saturated heterocycles. The van der Waals surface area contributed by atoms with Crippen molar-refractivity contribution in [1.82, 2.24) is 5.32 Å². The third kappa shape index (κ3) is 2.05. The minimum atomic E-state index is -0.375. The fourth-order valence-electron chi connectivity index (χ4n) is 2.63. The predicted molar refractivity (Wildman–Crippen MR) is 66.9 cm³/mol. The number of methoxy groups -OCH3 is 1. The molecule has 2 unspecified atom stereocenters. The maximum atomic E-state index is 10.2. The first-order chi connectivity index (χ1) is 8.62. The number of hydrogen-bond donors (Lipinski definition) is 4. The summed E-state index contributed by atoms with van der Waals surface area (Å²) in [6.45, 7) is 1.73. The lowest BCUT2D eigenvalue weighted by atomic mass is 9.88. The molecule has 1 aliphatic rings. The largest absolute Gasteiger partial charge is 0.504 e. The summed E-state index contributed by atoms with van der Waals surface area (Å²) in [5.74, 6) is 0.520. The maximum Gasteiger partial charge on any atom is 0.163 e. The Labute approximate surface area is 106 Å². The molecule has 0 aliphatic carbocycles. The van der Waals surface area contributed by atoms with Crippen LogP contribution in [0.2, 0.25) is 0 Å². The van der Waals surface area contributed by atoms with Gasteiger partial charge in [-0.05, 0) is 24.5 Å². The monoisotopic (exact) mass is 253 g/mol. The first-order valence-corrected chi connectivity index (χ1v) is 5.99. The molecule has 0 amide bonds. The van der Waals surface area contributed by atoms with Gasteiger partial charge in [0.2, 0.25) is 0 Å². The number of benzene rings is 1. The van der Waals surface area contributed by atoms with Crippen LogP contribution < -0.4 is 10.1 Å². The zero-order valence-electron chi connectivity index (χ0n) is 10.6. The molecule has 0 bridgehead atoms. The van der Waals surface area contributed by atoms with E-state index in [2.05, 4.69) is 5.32 Å². The van der Waals surface area contributed by atoms with E-state index >= 15 is 0 Å². The molecule has 2 atom stereocenters. The Morgan fingerprint density at radius 2 is 2.11 bits per heavy atom. The van der Waals surface area contributed by atoms with E-state index in [9.17, 15) is 15.3 Å². The molecule has 1 aromatic carbocycles. The lowest BCUT2D eigenvalue weighted by Crippen LogP contribution is -2.43. The van der Waals surface area contributed by atoms with E-state index in [1.165, 1.54) is 7.11 Å². The highest BCUT2D eigenvalue weighted by molar-refractivity contribution is 5.56. The van der Waals surface area contributed by atoms with Crippen LogP contribution in [0.1, 0.15) is 22.7 Å². The average molecular weight is 253 g/mol. The van der Waals surface area contributed by atoms with Gasteiger partial charge in [0.25, 0.3) is 0 Å². The zero-order chi connectivity index (χ0) is 13.3. The van der Waals surface area contributed by atoms with Gasteiger partial charge in [-0.15, -0.1) is 0 Å². The third-order valence-corrected chi connectivity index (χ3v) is 3.42. The number of ether oxygens (including phenoxy) is 1. The van der Waals surface area contributed by atoms with Crippen molar-refractivity contribution in [2.45, 2.75) is 25.4 Å². The van der Waals surface area contributed by atoms with E-state index in [0.717, 1.165) is 11.1 Å². The van der Waals surface area contributed by atoms with E-state index in [1.807, 2.05) is 13.0 Å². The van der Waals surface area contributed by atoms with Gasteiger partial charge in [0.05, 0.1) is 26.4 Å². The molecular weight excluding hydrogens is 234 g/mol. The summed E-state index contributed by atoms with van der Waals surface area (Å²) in [4.78, 5) is 0. The quantitative estimate of drug-likeness (QED) is 0.621. The van der Waals surface area contributed by atoms with E-state index in [1.54, 1.807) is 0 Å². The molecule has 0 spiro atoms. The van der Waals surface area contributed by atoms with Crippen LogP contribution in [0.15, 0.2) is 6.07 Å². The third-order valence-electron chi connectivity index (χ3n) is 3.42. The van der Waals surface area contributed by atoms with Crippen molar-refractivity contribution in [3.8, 4) is 11.5 Å². The summed E-state index contributed by atoms with van der Waals surface area (Å²) in [6, 6.07) is 1.47. The smallest absolute Gasteiger partial charge is 0.163 e. The van der Waals surface area contributed by atoms with Crippen LogP contribution in [0.25, 0.3) is 0 Å². The lowest BCUT2D eigenvalue weighted by Gasteiger charge is -2.32. The number of aliphatic hydroxyl groups excluding tert-OH is 2. The van der Waals surface area contributed by atoms with E-state index in [-0.39, 0.29) is 31.0 Å². The standard InChI is InChI=1S/C13H19NO4/c1-7-3-8-4-9(5-15)14-10(6-16)11(8)12(17)13(7)18-2/h3,9-10,14-17H,4-6H2,1-2H3. The fraction of sp³-hybridized carbons (Fsp3) is 0.538. The lowest BCUT2D eigenvalue weighted by molar-refractivity contribution is 0.181. The molecule has 2 rings (SSSR count). The Balaban J connectivity index is 2.54. The van der Waals surface area contributed by atoms with Gasteiger partial charge >= 0.3 is 0 Å². The Bertz CT molecular complexity index is 447. The van der Waals surface area contributed by atoms with Crippen molar-refractivity contribution >= 4 is 0 Å². The van der Waals surface area contributed by atoms with Crippen molar-refractivity contribution in [3.05, 3.63) is 22.8 Å². The summed E-state index contributed by atoms with van der Waals surface area (Å²) in [5, 5.41) is 32.0. The normalized spacial score (nSPS) is 22.7. The number of fused-ring (bicyclic) bond motifs is 1. The van der Waals surface area contributed by atoms with Crippen LogP contribution in [0.3, 0.4) is 0 Å². The molecule has 0 fully saturated rings. The van der Waals surface area contributed by atoms with Crippen molar-refractivity contribution in [2.75, 3.05) is 20.3 Å². The number of hydrogen-bond acceptors (Lipinski definition) is 5. The topological polar surface area (TPSA) is 82.0 Å². The van der Waals surface area contributed by atoms with Gasteiger partial charge in [-0.1, -0.05) is 6.07 Å². The number of rotatable bonds is 3. The molecule has 1 heterocycles. The van der Waals surface area contributed by atoms with Gasteiger partial charge in [-0.25, -0.2) is 0 Å². The second-order valence-corrected chi connectivity index (χ2v) is 4.63. The molecule has 18 heavy (non-hydrogen) atoms. The molecule has 1 aromatic rings. The van der Waals surface area contributed by atoms with Crippen LogP contribution in [0, 0.1) is 6.92 Å². The van der Waals surface area contributed by atoms with Gasteiger partial charge in [-0.2, -0.15) is 0 Å². The Kier molecular flexibility index (Phi) is 3.75. The van der Waals surface area contributed by atoms with Crippen molar-refractivity contribution in [2.24, 2.45) is 0 Å². The Morgan fingerprint density at radius 3 is 2.67 bits per heavy atom. The number of aromatic hydroxyl groups is 1. The minimum absolute atomic E-state index is 0.00176. The first kappa shape index (κ1) is 13.1. The first-order valence-electron chi connectivity index (χ1n) is 5.99. The number of aliphatic hydroxyl groups is 2. The van der Waals surface area contributed by atoms with Gasteiger partial charge < -0.3 is 25.4 Å². The molecule has 0 radical (unpaired) electrons. The van der Waals surface area contributed by atoms with Crippen LogP contribution in [0.5, 0.6) is 11.5 Å². The van der Waals surface area contributed by atoms with E-state index in [4.69, 9.17) is 4.74 Å². The number of phenols is 1. The van der Waals surface area contributed by atoms with E-state index < -0.39 is 0 Å². The van der Waals surface area contributed by atoms with Crippen LogP contribution in [-0.2, 0) is 6.42 Å². The zero-order valence-corrected chi connectivity index (χ0v) is 10.6. The van der Waals surface area contributed by atoms with Gasteiger partial charge in [-0.3, -0.25) is 0 Å². The molecule has 100 valence electrons. The maximum absolute atomic E-state index is 10.2. The minimum Gasteiger partial charge on any atom is -0.504 e. The van der Waals surface area contributed by atoms with Crippen molar-refractivity contribution in [3.63, 3.8) is 0 Å². The fourth-order valence-corrected chi connectivity index (χ4v) is 2.63. The predicted octanol–water partition coefficient (Wildman–Crippen LogP) is 0.249.